The van der Waals surface area contributed by atoms with Gasteiger partial charge in [-0.1, -0.05) is 41.4 Å². The summed E-state index contributed by atoms with van der Waals surface area (Å²) in [6.45, 7) is 2.03. The topological polar surface area (TPSA) is 62.5 Å². The van der Waals surface area contributed by atoms with Crippen LogP contribution in [0, 0.1) is 6.92 Å². The van der Waals surface area contributed by atoms with Gasteiger partial charge in [0.25, 0.3) is 5.91 Å². The Kier molecular flexibility index (Phi) is 6.14. The van der Waals surface area contributed by atoms with Gasteiger partial charge in [0.05, 0.1) is 27.9 Å². The Morgan fingerprint density at radius 3 is 2.58 bits per heavy atom. The Hall–Kier alpha value is -1.66. The molecule has 0 aliphatic rings. The molecule has 0 unspecified atom stereocenters. The molecule has 0 atom stereocenters. The standard InChI is InChI=1S/C19H17Cl2NO3S/c1-11-13(10-26-9-8-23)12-4-2-7-16(18(12)25-11)22-19(24)17-14(20)5-3-6-15(17)21/h2-7,23H,8-10H2,1H3,(H,22,24). The lowest BCUT2D eigenvalue weighted by molar-refractivity contribution is 0.102. The summed E-state index contributed by atoms with van der Waals surface area (Å²) < 4.78 is 5.90. The molecule has 0 radical (unpaired) electrons. The van der Waals surface area contributed by atoms with Crippen molar-refractivity contribution in [3.05, 3.63) is 63.3 Å². The number of furan rings is 1. The lowest BCUT2D eigenvalue weighted by atomic mass is 10.1. The van der Waals surface area contributed by atoms with Gasteiger partial charge in [-0.2, -0.15) is 11.8 Å². The summed E-state index contributed by atoms with van der Waals surface area (Å²) in [6, 6.07) is 10.5. The van der Waals surface area contributed by atoms with E-state index in [-0.39, 0.29) is 12.2 Å². The van der Waals surface area contributed by atoms with E-state index in [1.54, 1.807) is 36.0 Å². The number of hydrogen-bond acceptors (Lipinski definition) is 4. The monoisotopic (exact) mass is 409 g/mol. The van der Waals surface area contributed by atoms with Crippen molar-refractivity contribution in [2.75, 3.05) is 17.7 Å². The van der Waals surface area contributed by atoms with Crippen LogP contribution in [0.1, 0.15) is 21.7 Å². The van der Waals surface area contributed by atoms with Crippen LogP contribution in [0.25, 0.3) is 11.0 Å². The molecular weight excluding hydrogens is 393 g/mol. The highest BCUT2D eigenvalue weighted by Gasteiger charge is 2.18. The van der Waals surface area contributed by atoms with Crippen molar-refractivity contribution in [2.24, 2.45) is 0 Å². The average Bonchev–Trinajstić information content (AvgIpc) is 2.92. The quantitative estimate of drug-likeness (QED) is 0.525. The number of rotatable bonds is 6. The van der Waals surface area contributed by atoms with Crippen LogP contribution in [0.4, 0.5) is 5.69 Å². The van der Waals surface area contributed by atoms with Gasteiger partial charge in [0, 0.05) is 22.5 Å². The van der Waals surface area contributed by atoms with E-state index in [0.717, 1.165) is 22.5 Å². The van der Waals surface area contributed by atoms with Crippen molar-refractivity contribution < 1.29 is 14.3 Å². The number of carbonyl (C=O) groups is 1. The Labute approximate surface area is 165 Å². The number of benzene rings is 2. The van der Waals surface area contributed by atoms with Gasteiger partial charge in [0.15, 0.2) is 5.58 Å². The number of aryl methyl sites for hydroxylation is 1. The minimum atomic E-state index is -0.390. The van der Waals surface area contributed by atoms with E-state index in [2.05, 4.69) is 5.32 Å². The molecule has 3 aromatic rings. The maximum atomic E-state index is 12.6. The zero-order valence-corrected chi connectivity index (χ0v) is 16.3. The fraction of sp³-hybridized carbons (Fsp3) is 0.211. The number of aliphatic hydroxyl groups is 1. The number of para-hydroxylation sites is 1. The molecule has 7 heteroatoms. The summed E-state index contributed by atoms with van der Waals surface area (Å²) >= 11 is 13.9. The number of anilines is 1. The molecule has 0 bridgehead atoms. The normalized spacial score (nSPS) is 11.1. The molecule has 0 spiro atoms. The number of thioether (sulfide) groups is 1. The summed E-state index contributed by atoms with van der Waals surface area (Å²) in [4.78, 5) is 12.6. The van der Waals surface area contributed by atoms with Crippen LogP contribution in [-0.2, 0) is 5.75 Å². The Morgan fingerprint density at radius 2 is 1.88 bits per heavy atom. The highest BCUT2D eigenvalue weighted by molar-refractivity contribution is 7.98. The first kappa shape index (κ1) is 19.1. The fourth-order valence-corrected chi connectivity index (χ4v) is 4.11. The SMILES string of the molecule is Cc1oc2c(NC(=O)c3c(Cl)cccc3Cl)cccc2c1CSCCO. The van der Waals surface area contributed by atoms with Crippen LogP contribution in [0.2, 0.25) is 10.0 Å². The lowest BCUT2D eigenvalue weighted by Crippen LogP contribution is -2.13. The highest BCUT2D eigenvalue weighted by Crippen LogP contribution is 2.34. The Balaban J connectivity index is 1.94. The van der Waals surface area contributed by atoms with Gasteiger partial charge in [-0.25, -0.2) is 0 Å². The van der Waals surface area contributed by atoms with E-state index < -0.39 is 5.91 Å². The Bertz CT molecular complexity index is 935. The molecule has 1 aromatic heterocycles. The van der Waals surface area contributed by atoms with E-state index in [1.165, 1.54) is 0 Å². The Morgan fingerprint density at radius 1 is 1.19 bits per heavy atom. The second-order valence-electron chi connectivity index (χ2n) is 5.65. The lowest BCUT2D eigenvalue weighted by Gasteiger charge is -2.09. The molecule has 1 amide bonds. The molecule has 2 N–H and O–H groups in total. The van der Waals surface area contributed by atoms with E-state index >= 15 is 0 Å². The molecule has 0 saturated carbocycles. The number of aliphatic hydroxyl groups excluding tert-OH is 1. The second kappa shape index (κ2) is 8.35. The summed E-state index contributed by atoms with van der Waals surface area (Å²) in [5.41, 5.74) is 2.46. The number of carbonyl (C=O) groups excluding carboxylic acids is 1. The first-order chi connectivity index (χ1) is 12.5. The average molecular weight is 410 g/mol. The summed E-state index contributed by atoms with van der Waals surface area (Å²) in [6.07, 6.45) is 0. The number of halogens is 2. The van der Waals surface area contributed by atoms with Gasteiger partial charge >= 0.3 is 0 Å². The largest absolute Gasteiger partial charge is 0.459 e. The van der Waals surface area contributed by atoms with Gasteiger partial charge in [-0.05, 0) is 25.1 Å². The van der Waals surface area contributed by atoms with E-state index in [1.807, 2.05) is 19.1 Å². The molecule has 1 heterocycles. The number of fused-ring (bicyclic) bond motifs is 1. The molecule has 0 aliphatic carbocycles. The summed E-state index contributed by atoms with van der Waals surface area (Å²) in [7, 11) is 0. The van der Waals surface area contributed by atoms with Crippen molar-refractivity contribution in [1.82, 2.24) is 0 Å². The molecule has 4 nitrogen and oxygen atoms in total. The third kappa shape index (κ3) is 3.86. The summed E-state index contributed by atoms with van der Waals surface area (Å²) in [5.74, 6) is 1.79. The number of hydrogen-bond donors (Lipinski definition) is 2. The van der Waals surface area contributed by atoms with Gasteiger partial charge < -0.3 is 14.8 Å². The number of nitrogens with one attached hydrogen (secondary N) is 1. The predicted molar refractivity (Wildman–Crippen MR) is 109 cm³/mol. The molecule has 0 aliphatic heterocycles. The van der Waals surface area contributed by atoms with Gasteiger partial charge in [0.2, 0.25) is 0 Å². The minimum absolute atomic E-state index is 0.138. The molecule has 26 heavy (non-hydrogen) atoms. The van der Waals surface area contributed by atoms with Gasteiger partial charge in [-0.15, -0.1) is 0 Å². The molecular formula is C19H17Cl2NO3S. The van der Waals surface area contributed by atoms with E-state index in [0.29, 0.717) is 27.1 Å². The van der Waals surface area contributed by atoms with Gasteiger partial charge in [-0.3, -0.25) is 4.79 Å². The van der Waals surface area contributed by atoms with Crippen LogP contribution < -0.4 is 5.32 Å². The van der Waals surface area contributed by atoms with E-state index in [4.69, 9.17) is 32.7 Å². The fourth-order valence-electron chi connectivity index (χ4n) is 2.71. The smallest absolute Gasteiger partial charge is 0.258 e. The molecule has 0 fully saturated rings. The minimum Gasteiger partial charge on any atom is -0.459 e. The third-order valence-corrected chi connectivity index (χ3v) is 5.53. The van der Waals surface area contributed by atoms with Crippen LogP contribution >= 0.6 is 35.0 Å². The van der Waals surface area contributed by atoms with E-state index in [9.17, 15) is 4.79 Å². The molecule has 136 valence electrons. The van der Waals surface area contributed by atoms with Crippen LogP contribution in [0.15, 0.2) is 40.8 Å². The van der Waals surface area contributed by atoms with Crippen LogP contribution in [0.5, 0.6) is 0 Å². The van der Waals surface area contributed by atoms with Crippen LogP contribution in [0.3, 0.4) is 0 Å². The zero-order chi connectivity index (χ0) is 18.7. The van der Waals surface area contributed by atoms with Crippen molar-refractivity contribution in [1.29, 1.82) is 0 Å². The molecule has 3 rings (SSSR count). The summed E-state index contributed by atoms with van der Waals surface area (Å²) in [5, 5.41) is 13.3. The maximum Gasteiger partial charge on any atom is 0.258 e. The second-order valence-corrected chi connectivity index (χ2v) is 7.57. The van der Waals surface area contributed by atoms with Gasteiger partial charge in [0.1, 0.15) is 5.76 Å². The molecule has 2 aromatic carbocycles. The van der Waals surface area contributed by atoms with Crippen LogP contribution in [-0.4, -0.2) is 23.4 Å². The first-order valence-electron chi connectivity index (χ1n) is 7.98. The zero-order valence-electron chi connectivity index (χ0n) is 14.0. The number of amides is 1. The molecule has 0 saturated heterocycles. The first-order valence-corrected chi connectivity index (χ1v) is 9.89. The van der Waals surface area contributed by atoms with Crippen molar-refractivity contribution in [3.63, 3.8) is 0 Å². The van der Waals surface area contributed by atoms with Crippen molar-refractivity contribution in [2.45, 2.75) is 12.7 Å². The van der Waals surface area contributed by atoms with Crippen molar-refractivity contribution in [3.8, 4) is 0 Å². The maximum absolute atomic E-state index is 12.6. The third-order valence-electron chi connectivity index (χ3n) is 3.94. The predicted octanol–water partition coefficient (Wildman–Crippen LogP) is 5.53. The highest BCUT2D eigenvalue weighted by atomic mass is 35.5. The van der Waals surface area contributed by atoms with Crippen molar-refractivity contribution >= 4 is 57.5 Å².